The van der Waals surface area contributed by atoms with Crippen LogP contribution < -0.4 is 0 Å². The minimum Gasteiger partial charge on any atom is -0.199 e. The van der Waals surface area contributed by atoms with E-state index in [1.54, 1.807) is 0 Å². The van der Waals surface area contributed by atoms with Crippen LogP contribution in [0.2, 0.25) is 0 Å². The lowest BCUT2D eigenvalue weighted by atomic mass is 9.78. The van der Waals surface area contributed by atoms with E-state index in [1.165, 1.54) is 0 Å². The van der Waals surface area contributed by atoms with Crippen molar-refractivity contribution < 1.29 is 96.6 Å². The monoisotopic (exact) mass is 650 g/mol. The van der Waals surface area contributed by atoms with Crippen LogP contribution in [0, 0.1) is 11.3 Å². The summed E-state index contributed by atoms with van der Waals surface area (Å²) in [6.07, 6.45) is 0. The molecule has 242 valence electrons. The van der Waals surface area contributed by atoms with E-state index in [1.807, 2.05) is 0 Å². The van der Waals surface area contributed by atoms with Gasteiger partial charge in [0.25, 0.3) is 0 Å². The van der Waals surface area contributed by atoms with E-state index in [4.69, 9.17) is 0 Å². The van der Waals surface area contributed by atoms with Crippen LogP contribution in [-0.2, 0) is 0 Å². The molecule has 0 saturated heterocycles. The van der Waals surface area contributed by atoms with E-state index >= 15 is 0 Å². The van der Waals surface area contributed by atoms with Gasteiger partial charge in [0.2, 0.25) is 0 Å². The molecule has 0 atom stereocenters. The SMILES string of the molecule is CC(C)C(F)(F)C(F)(F)C(F)(F)C(F)(F)C(F)(F)C(F)(F)C(F)(F)C(F)(F)C(F)(F)C(F)(F)C(F)(F)C(C)(C)C. The summed E-state index contributed by atoms with van der Waals surface area (Å²) >= 11 is 0. The predicted octanol–water partition coefficient (Wildman–Crippen LogP) is 9.68. The summed E-state index contributed by atoms with van der Waals surface area (Å²) in [5.41, 5.74) is -3.65. The highest BCUT2D eigenvalue weighted by molar-refractivity contribution is 5.20. The first-order valence-electron chi connectivity index (χ1n) is 9.85. The van der Waals surface area contributed by atoms with Gasteiger partial charge >= 0.3 is 65.1 Å². The lowest BCUT2D eigenvalue weighted by molar-refractivity contribution is -0.477. The maximum atomic E-state index is 13.8. The summed E-state index contributed by atoms with van der Waals surface area (Å²) in [6.45, 7) is -0.776. The van der Waals surface area contributed by atoms with Crippen LogP contribution in [0.25, 0.3) is 0 Å². The van der Waals surface area contributed by atoms with Crippen molar-refractivity contribution in [3.8, 4) is 0 Å². The Bertz CT molecular complexity index is 919. The van der Waals surface area contributed by atoms with Crippen LogP contribution in [0.15, 0.2) is 0 Å². The molecule has 40 heavy (non-hydrogen) atoms. The average molecular weight is 650 g/mol. The summed E-state index contributed by atoms with van der Waals surface area (Å²) in [5.74, 6) is -95.1. The van der Waals surface area contributed by atoms with Crippen LogP contribution in [0.5, 0.6) is 0 Å². The van der Waals surface area contributed by atoms with Gasteiger partial charge in [0.05, 0.1) is 0 Å². The van der Waals surface area contributed by atoms with Crippen LogP contribution >= 0.6 is 0 Å². The molecule has 0 aromatic rings. The molecule has 0 rings (SSSR count). The third-order valence-electron chi connectivity index (χ3n) is 5.63. The Morgan fingerprint density at radius 2 is 0.425 bits per heavy atom. The number of hydrogen-bond donors (Lipinski definition) is 0. The topological polar surface area (TPSA) is 0 Å². The smallest absolute Gasteiger partial charge is 0.199 e. The molecular weight excluding hydrogens is 634 g/mol. The largest absolute Gasteiger partial charge is 0.385 e. The first-order chi connectivity index (χ1) is 16.7. The number of rotatable bonds is 11. The van der Waals surface area contributed by atoms with Gasteiger partial charge in [-0.15, -0.1) is 0 Å². The van der Waals surface area contributed by atoms with Gasteiger partial charge in [-0.2, -0.15) is 96.6 Å². The molecular formula is C18H16F22. The van der Waals surface area contributed by atoms with E-state index in [-0.39, 0.29) is 34.6 Å². The van der Waals surface area contributed by atoms with Crippen LogP contribution in [0.4, 0.5) is 96.6 Å². The fourth-order valence-corrected chi connectivity index (χ4v) is 2.62. The van der Waals surface area contributed by atoms with Crippen molar-refractivity contribution in [2.24, 2.45) is 11.3 Å². The van der Waals surface area contributed by atoms with Crippen LogP contribution in [0.1, 0.15) is 34.6 Å². The Morgan fingerprint density at radius 3 is 0.575 bits per heavy atom. The van der Waals surface area contributed by atoms with Gasteiger partial charge in [0.1, 0.15) is 0 Å². The summed E-state index contributed by atoms with van der Waals surface area (Å²) in [4.78, 5) is 0. The Balaban J connectivity index is 7.35. The Morgan fingerprint density at radius 1 is 0.275 bits per heavy atom. The summed E-state index contributed by atoms with van der Waals surface area (Å²) in [6, 6.07) is 0. The second-order valence-corrected chi connectivity index (χ2v) is 9.77. The molecule has 0 aliphatic heterocycles. The number of alkyl halides is 22. The molecule has 0 aromatic carbocycles. The quantitative estimate of drug-likeness (QED) is 0.196. The Labute approximate surface area is 209 Å². The molecule has 22 heteroatoms. The maximum Gasteiger partial charge on any atom is 0.385 e. The molecule has 0 saturated carbocycles. The van der Waals surface area contributed by atoms with Crippen LogP contribution in [-0.4, -0.2) is 65.1 Å². The van der Waals surface area contributed by atoms with Crippen molar-refractivity contribution >= 4 is 0 Å². The molecule has 0 spiro atoms. The van der Waals surface area contributed by atoms with Gasteiger partial charge in [0, 0.05) is 11.3 Å². The molecule has 0 N–H and O–H groups in total. The van der Waals surface area contributed by atoms with Crippen molar-refractivity contribution in [1.29, 1.82) is 0 Å². The van der Waals surface area contributed by atoms with Gasteiger partial charge in [-0.3, -0.25) is 0 Å². The van der Waals surface area contributed by atoms with Gasteiger partial charge in [-0.05, 0) is 0 Å². The molecule has 0 radical (unpaired) electrons. The second kappa shape index (κ2) is 9.23. The lowest BCUT2D eigenvalue weighted by Crippen LogP contribution is -2.78. The summed E-state index contributed by atoms with van der Waals surface area (Å²) in [5, 5.41) is 0. The van der Waals surface area contributed by atoms with Gasteiger partial charge in [0.15, 0.2) is 0 Å². The zero-order valence-electron chi connectivity index (χ0n) is 19.9. The molecule has 0 amide bonds. The van der Waals surface area contributed by atoms with E-state index in [2.05, 4.69) is 0 Å². The predicted molar refractivity (Wildman–Crippen MR) is 88.7 cm³/mol. The standard InChI is InChI=1S/C18H16F22/c1-6(2)8(19,20)10(23,24)12(27,28)14(31,32)16(35,36)18(39,40)17(37,38)15(33,34)13(29,30)11(25,26)9(21,22)7(3,4)5/h6H,1-5H3. The van der Waals surface area contributed by atoms with Crippen molar-refractivity contribution in [3.05, 3.63) is 0 Å². The van der Waals surface area contributed by atoms with E-state index in [0.29, 0.717) is 0 Å². The number of hydrogen-bond acceptors (Lipinski definition) is 0. The minimum absolute atomic E-state index is 0.147. The van der Waals surface area contributed by atoms with Crippen molar-refractivity contribution in [2.75, 3.05) is 0 Å². The van der Waals surface area contributed by atoms with Crippen molar-refractivity contribution in [1.82, 2.24) is 0 Å². The molecule has 0 unspecified atom stereocenters. The third-order valence-corrected chi connectivity index (χ3v) is 5.63. The van der Waals surface area contributed by atoms with Crippen LogP contribution in [0.3, 0.4) is 0 Å². The normalized spacial score (nSPS) is 17.1. The molecule has 0 aromatic heterocycles. The fourth-order valence-electron chi connectivity index (χ4n) is 2.62. The zero-order chi connectivity index (χ0) is 33.6. The number of halogens is 22. The molecule has 0 heterocycles. The maximum absolute atomic E-state index is 13.8. The van der Waals surface area contributed by atoms with E-state index in [9.17, 15) is 96.6 Å². The van der Waals surface area contributed by atoms with Crippen molar-refractivity contribution in [3.63, 3.8) is 0 Å². The van der Waals surface area contributed by atoms with Gasteiger partial charge in [-0.1, -0.05) is 34.6 Å². The Kier molecular flexibility index (Phi) is 8.87. The highest BCUT2D eigenvalue weighted by Gasteiger charge is 2.98. The van der Waals surface area contributed by atoms with E-state index < -0.39 is 76.5 Å². The first kappa shape index (κ1) is 38.5. The molecule has 0 fully saturated rings. The highest BCUT2D eigenvalue weighted by atomic mass is 19.4. The van der Waals surface area contributed by atoms with Crippen molar-refractivity contribution in [2.45, 2.75) is 99.8 Å². The zero-order valence-corrected chi connectivity index (χ0v) is 19.9. The molecule has 0 aliphatic carbocycles. The molecule has 0 bridgehead atoms. The minimum atomic E-state index is -9.25. The molecule has 0 nitrogen and oxygen atoms in total. The third kappa shape index (κ3) is 4.28. The van der Waals surface area contributed by atoms with E-state index in [0.717, 1.165) is 0 Å². The fraction of sp³-hybridized carbons (Fsp3) is 1.00. The average Bonchev–Trinajstić information content (AvgIpc) is 2.71. The highest BCUT2D eigenvalue weighted by Crippen LogP contribution is 2.68. The van der Waals surface area contributed by atoms with Gasteiger partial charge < -0.3 is 0 Å². The lowest BCUT2D eigenvalue weighted by Gasteiger charge is -2.47. The summed E-state index contributed by atoms with van der Waals surface area (Å²) in [7, 11) is 0. The summed E-state index contributed by atoms with van der Waals surface area (Å²) < 4.78 is 302. The second-order valence-electron chi connectivity index (χ2n) is 9.77. The van der Waals surface area contributed by atoms with Gasteiger partial charge in [-0.25, -0.2) is 0 Å². The Hall–Kier alpha value is -1.54. The first-order valence-corrected chi connectivity index (χ1v) is 9.85. The molecule has 0 aliphatic rings.